The molecule has 0 amide bonds. The summed E-state index contributed by atoms with van der Waals surface area (Å²) in [7, 11) is 11.3. The van der Waals surface area contributed by atoms with Crippen molar-refractivity contribution in [2.24, 2.45) is 0 Å². The number of aromatic nitrogens is 7. The summed E-state index contributed by atoms with van der Waals surface area (Å²) in [5, 5.41) is 11.0. The number of anilines is 6. The van der Waals surface area contributed by atoms with Gasteiger partial charge in [0.15, 0.2) is 0 Å². The van der Waals surface area contributed by atoms with Crippen LogP contribution in [-0.2, 0) is 9.31 Å². The first-order valence-electron chi connectivity index (χ1n) is 35.8. The van der Waals surface area contributed by atoms with E-state index in [1.165, 1.54) is 16.7 Å². The van der Waals surface area contributed by atoms with E-state index in [0.717, 1.165) is 183 Å². The number of piperazine rings is 3. The molecule has 0 spiro atoms. The molecule has 9 heterocycles. The molecule has 0 saturated carbocycles. The Hall–Kier alpha value is -8.81. The number of halogens is 1. The van der Waals surface area contributed by atoms with Gasteiger partial charge >= 0.3 is 7.12 Å². The zero-order valence-electron chi connectivity index (χ0n) is 62.9. The Morgan fingerprint density at radius 1 is 0.433 bits per heavy atom. The van der Waals surface area contributed by atoms with Gasteiger partial charge < -0.3 is 68.9 Å². The van der Waals surface area contributed by atoms with Crippen LogP contribution in [0.5, 0.6) is 17.2 Å². The first kappa shape index (κ1) is 79.3. The van der Waals surface area contributed by atoms with E-state index < -0.39 is 0 Å². The first-order valence-corrected chi connectivity index (χ1v) is 36.2. The summed E-state index contributed by atoms with van der Waals surface area (Å²) in [6.07, 6.45) is 8.88. The minimum atomic E-state index is -0.334. The van der Waals surface area contributed by atoms with E-state index in [1.54, 1.807) is 34.0 Å². The van der Waals surface area contributed by atoms with Gasteiger partial charge in [0.1, 0.15) is 59.0 Å². The SMILES string of the molecule is CN1CCN(c2ccc(B3OC(C)(C)C(C)(C)O3)cn2)CC1.COc1ccccc1C(C)CNc1cc(-c2ccc(N3CCN(C)CC3)nc2)ncn1.COc1ccccc1C(C)CNc1cccc(Cl)c1.COc1ccccc1[C@H](C)CNc1cc(-c2ccc(N3CCN(C)CC3)nc2)ncn1.S. The normalized spacial score (nSPS) is 16.7. The summed E-state index contributed by atoms with van der Waals surface area (Å²) in [5.74, 6) is 8.34. The van der Waals surface area contributed by atoms with Crippen LogP contribution in [0.4, 0.5) is 34.8 Å². The molecule has 24 heteroatoms. The molecule has 4 aliphatic rings. The largest absolute Gasteiger partial charge is 0.496 e. The zero-order chi connectivity index (χ0) is 72.9. The van der Waals surface area contributed by atoms with E-state index >= 15 is 0 Å². The highest BCUT2D eigenvalue weighted by Crippen LogP contribution is 2.37. The molecule has 0 aliphatic carbocycles. The number of para-hydroxylation sites is 3. The highest BCUT2D eigenvalue weighted by Gasteiger charge is 2.52. The van der Waals surface area contributed by atoms with Gasteiger partial charge in [0.05, 0.1) is 43.9 Å². The summed E-state index contributed by atoms with van der Waals surface area (Å²) in [6.45, 7) is 29.7. The number of pyridine rings is 3. The predicted molar refractivity (Wildman–Crippen MR) is 431 cm³/mol. The molecule has 5 aromatic heterocycles. The lowest BCUT2D eigenvalue weighted by Gasteiger charge is -2.33. The Balaban J connectivity index is 0.000000163. The maximum absolute atomic E-state index is 6.07. The molecule has 13 rings (SSSR count). The van der Waals surface area contributed by atoms with Crippen molar-refractivity contribution >= 4 is 72.5 Å². The fourth-order valence-corrected chi connectivity index (χ4v) is 12.6. The quantitative estimate of drug-likeness (QED) is 0.0575. The number of hydrogen-bond acceptors (Lipinski definition) is 21. The fourth-order valence-electron chi connectivity index (χ4n) is 12.4. The van der Waals surface area contributed by atoms with E-state index in [-0.39, 0.29) is 43.7 Å². The lowest BCUT2D eigenvalue weighted by Crippen LogP contribution is -2.45. The van der Waals surface area contributed by atoms with Gasteiger partial charge in [0.25, 0.3) is 0 Å². The van der Waals surface area contributed by atoms with E-state index in [4.69, 9.17) is 35.1 Å². The van der Waals surface area contributed by atoms with Gasteiger partial charge in [-0.05, 0) is 132 Å². The Morgan fingerprint density at radius 2 is 0.798 bits per heavy atom. The molecule has 2 unspecified atom stereocenters. The molecular formula is C80H106BClN16O5S. The van der Waals surface area contributed by atoms with Gasteiger partial charge in [-0.15, -0.1) is 0 Å². The number of likely N-dealkylation sites (N-methyl/N-ethyl adjacent to an activating group) is 3. The second-order valence-corrected chi connectivity index (χ2v) is 28.3. The number of ether oxygens (including phenoxy) is 3. The van der Waals surface area contributed by atoms with Gasteiger partial charge in [-0.2, -0.15) is 13.5 Å². The van der Waals surface area contributed by atoms with E-state index in [9.17, 15) is 0 Å². The predicted octanol–water partition coefficient (Wildman–Crippen LogP) is 12.8. The second kappa shape index (κ2) is 38.3. The molecule has 4 fully saturated rings. The van der Waals surface area contributed by atoms with Gasteiger partial charge in [0.2, 0.25) is 0 Å². The molecule has 552 valence electrons. The lowest BCUT2D eigenvalue weighted by atomic mass is 9.80. The molecule has 3 N–H and O–H groups in total. The first-order chi connectivity index (χ1) is 49.8. The Morgan fingerprint density at radius 3 is 1.14 bits per heavy atom. The van der Waals surface area contributed by atoms with Crippen molar-refractivity contribution in [3.8, 4) is 39.8 Å². The van der Waals surface area contributed by atoms with Crippen molar-refractivity contribution in [2.75, 3.05) is 171 Å². The number of benzene rings is 4. The highest BCUT2D eigenvalue weighted by atomic mass is 35.5. The van der Waals surface area contributed by atoms with Crippen molar-refractivity contribution in [2.45, 2.75) is 77.4 Å². The fraction of sp³-hybridized carbons (Fsp3) is 0.412. The van der Waals surface area contributed by atoms with Crippen molar-refractivity contribution in [3.63, 3.8) is 0 Å². The van der Waals surface area contributed by atoms with Crippen LogP contribution in [-0.4, -0.2) is 209 Å². The van der Waals surface area contributed by atoms with Crippen LogP contribution >= 0.6 is 25.1 Å². The van der Waals surface area contributed by atoms with Gasteiger partial charge in [-0.25, -0.2) is 34.9 Å². The van der Waals surface area contributed by atoms with Crippen LogP contribution in [0.15, 0.2) is 177 Å². The Kier molecular flexibility index (Phi) is 29.2. The van der Waals surface area contributed by atoms with Crippen molar-refractivity contribution in [1.82, 2.24) is 49.6 Å². The number of nitrogens with zero attached hydrogens (tertiary/aromatic N) is 13. The summed E-state index contributed by atoms with van der Waals surface area (Å²) in [6, 6.07) is 48.5. The topological polar surface area (TPSA) is 192 Å². The minimum absolute atomic E-state index is 0. The standard InChI is InChI=1S/2C24H30N6O.C16H26BN3O2.C16H18ClNO.H2S/c2*1-18(20-6-4-5-7-22(20)31-3)15-25-23-14-21(27-17-28-23)19-8-9-24(26-16-19)30-12-10-29(2)11-13-30;1-15(2)16(3,4)22-17(21-15)13-6-7-14(18-12-13)20-10-8-19(5)9-11-20;1-12(15-8-3-4-9-16(15)19-2)11-18-14-7-5-6-13(17)10-14;/h2*4-9,14,16-18H,10-13,15H2,1-3H3,(H,25,27,28);6-7,12H,8-11H2,1-5H3;3-10,12,18H,11H2,1-2H3;1H2/t18-;;;;/m1..../s1. The summed E-state index contributed by atoms with van der Waals surface area (Å²) in [5.41, 5.74) is 8.65. The number of nitrogens with one attached hydrogen (secondary N) is 3. The monoisotopic (exact) mass is 1450 g/mol. The smallest absolute Gasteiger partial charge is 0.496 e. The van der Waals surface area contributed by atoms with E-state index in [2.05, 4.69) is 204 Å². The molecule has 3 atom stereocenters. The summed E-state index contributed by atoms with van der Waals surface area (Å²) in [4.78, 5) is 45.6. The van der Waals surface area contributed by atoms with Crippen LogP contribution in [0.3, 0.4) is 0 Å². The Bertz CT molecular complexity index is 3890. The van der Waals surface area contributed by atoms with Crippen LogP contribution in [0.2, 0.25) is 5.02 Å². The molecule has 4 saturated heterocycles. The molecule has 9 aromatic rings. The molecule has 4 aromatic carbocycles. The highest BCUT2D eigenvalue weighted by molar-refractivity contribution is 7.59. The number of methoxy groups -OCH3 is 3. The van der Waals surface area contributed by atoms with Crippen molar-refractivity contribution in [3.05, 3.63) is 199 Å². The van der Waals surface area contributed by atoms with Gasteiger partial charge in [-0.3, -0.25) is 0 Å². The Labute approximate surface area is 629 Å². The molecule has 0 bridgehead atoms. The summed E-state index contributed by atoms with van der Waals surface area (Å²) < 4.78 is 28.5. The molecule has 4 aliphatic heterocycles. The molecule has 104 heavy (non-hydrogen) atoms. The molecule has 0 radical (unpaired) electrons. The third-order valence-corrected chi connectivity index (χ3v) is 20.1. The maximum atomic E-state index is 6.07. The number of rotatable bonds is 21. The lowest BCUT2D eigenvalue weighted by molar-refractivity contribution is 0.00578. The second-order valence-electron chi connectivity index (χ2n) is 27.9. The van der Waals surface area contributed by atoms with Crippen LogP contribution in [0.1, 0.15) is 82.9 Å². The van der Waals surface area contributed by atoms with Crippen molar-refractivity contribution in [1.29, 1.82) is 0 Å². The summed E-state index contributed by atoms with van der Waals surface area (Å²) >= 11 is 5.96. The zero-order valence-corrected chi connectivity index (χ0v) is 64.6. The molecule has 21 nitrogen and oxygen atoms in total. The third-order valence-electron chi connectivity index (χ3n) is 19.8. The molecular weight excluding hydrogens is 1340 g/mol. The van der Waals surface area contributed by atoms with Crippen LogP contribution in [0, 0.1) is 0 Å². The minimum Gasteiger partial charge on any atom is -0.496 e. The van der Waals surface area contributed by atoms with E-state index in [0.29, 0.717) is 5.92 Å². The van der Waals surface area contributed by atoms with Crippen LogP contribution in [0.25, 0.3) is 22.5 Å². The van der Waals surface area contributed by atoms with Crippen LogP contribution < -0.4 is 50.3 Å². The average molecular weight is 1450 g/mol. The number of hydrogen-bond donors (Lipinski definition) is 3. The average Bonchev–Trinajstić information content (AvgIpc) is 1.63. The maximum Gasteiger partial charge on any atom is 0.496 e. The van der Waals surface area contributed by atoms with E-state index in [1.807, 2.05) is 110 Å². The third kappa shape index (κ3) is 21.9. The van der Waals surface area contributed by atoms with Crippen molar-refractivity contribution < 1.29 is 23.5 Å². The van der Waals surface area contributed by atoms with Gasteiger partial charge in [0, 0.05) is 174 Å². The van der Waals surface area contributed by atoms with Gasteiger partial charge in [-0.1, -0.05) is 99.1 Å².